The van der Waals surface area contributed by atoms with Gasteiger partial charge in [0.2, 0.25) is 0 Å². The van der Waals surface area contributed by atoms with E-state index in [1.807, 2.05) is 58.2 Å². The van der Waals surface area contributed by atoms with E-state index in [0.29, 0.717) is 18.7 Å². The first-order chi connectivity index (χ1) is 18.0. The molecule has 188 valence electrons. The summed E-state index contributed by atoms with van der Waals surface area (Å²) in [6.07, 6.45) is 7.47. The van der Waals surface area contributed by atoms with Gasteiger partial charge in [-0.1, -0.05) is 0 Å². The molecule has 0 saturated carbocycles. The highest BCUT2D eigenvalue weighted by Gasteiger charge is 2.24. The fourth-order valence-electron chi connectivity index (χ4n) is 5.32. The van der Waals surface area contributed by atoms with Gasteiger partial charge in [0.15, 0.2) is 0 Å². The maximum absolute atomic E-state index is 13.2. The van der Waals surface area contributed by atoms with Crippen LogP contribution < -0.4 is 10.5 Å². The van der Waals surface area contributed by atoms with E-state index in [2.05, 4.69) is 34.7 Å². The predicted molar refractivity (Wildman–Crippen MR) is 144 cm³/mol. The maximum atomic E-state index is 13.2. The molecule has 8 nitrogen and oxygen atoms in total. The number of carbonyl (C=O) groups excluding carboxylic acids is 1. The topological polar surface area (TPSA) is 90.7 Å². The van der Waals surface area contributed by atoms with Crippen LogP contribution in [0.4, 0.5) is 0 Å². The minimum Gasteiger partial charge on any atom is -0.497 e. The molecule has 0 radical (unpaired) electrons. The van der Waals surface area contributed by atoms with Gasteiger partial charge in [-0.05, 0) is 67.8 Å². The van der Waals surface area contributed by atoms with Crippen LogP contribution in [0.5, 0.6) is 5.75 Å². The van der Waals surface area contributed by atoms with Crippen LogP contribution in [0.1, 0.15) is 34.5 Å². The normalized spacial score (nSPS) is 16.0. The number of likely N-dealkylation sites (tertiary alicyclic amines) is 1. The molecule has 1 unspecified atom stereocenters. The molecule has 1 aliphatic heterocycles. The summed E-state index contributed by atoms with van der Waals surface area (Å²) in [6, 6.07) is 16.1. The van der Waals surface area contributed by atoms with E-state index in [1.54, 1.807) is 7.11 Å². The number of aromatic nitrogens is 4. The second-order valence-corrected chi connectivity index (χ2v) is 9.74. The number of benzene rings is 1. The van der Waals surface area contributed by atoms with Crippen molar-refractivity contribution in [3.63, 3.8) is 0 Å². The van der Waals surface area contributed by atoms with Crippen molar-refractivity contribution >= 4 is 22.5 Å². The van der Waals surface area contributed by atoms with Crippen LogP contribution in [0.2, 0.25) is 0 Å². The number of imidazole rings is 1. The van der Waals surface area contributed by atoms with E-state index in [4.69, 9.17) is 15.5 Å². The first-order valence-corrected chi connectivity index (χ1v) is 12.6. The fraction of sp³-hybridized carbons (Fsp3) is 0.276. The van der Waals surface area contributed by atoms with Crippen molar-refractivity contribution in [3.8, 4) is 17.1 Å². The third-order valence-electron chi connectivity index (χ3n) is 7.30. The van der Waals surface area contributed by atoms with Gasteiger partial charge in [-0.25, -0.2) is 4.98 Å². The van der Waals surface area contributed by atoms with Crippen LogP contribution in [-0.4, -0.2) is 56.0 Å². The lowest BCUT2D eigenvalue weighted by Crippen LogP contribution is -2.45. The van der Waals surface area contributed by atoms with Crippen molar-refractivity contribution in [2.45, 2.75) is 32.4 Å². The number of amides is 1. The molecule has 37 heavy (non-hydrogen) atoms. The number of nitrogens with zero attached hydrogens (tertiary/aromatic N) is 5. The molecule has 1 amide bonds. The Kier molecular flexibility index (Phi) is 5.88. The molecule has 4 aromatic heterocycles. The van der Waals surface area contributed by atoms with Crippen LogP contribution >= 0.6 is 0 Å². The van der Waals surface area contributed by atoms with E-state index in [9.17, 15) is 4.79 Å². The molecule has 5 heterocycles. The summed E-state index contributed by atoms with van der Waals surface area (Å²) in [7, 11) is 1.68. The molecule has 5 aromatic rings. The molecule has 0 bridgehead atoms. The molecule has 1 saturated heterocycles. The fourth-order valence-corrected chi connectivity index (χ4v) is 5.32. The number of nitrogens with two attached hydrogens (primary N) is 1. The quantitative estimate of drug-likeness (QED) is 0.394. The molecule has 2 N–H and O–H groups in total. The summed E-state index contributed by atoms with van der Waals surface area (Å²) in [6.45, 7) is 4.08. The Hall–Kier alpha value is -4.17. The molecular formula is C29H30N6O2. The molecule has 1 aliphatic rings. The Labute approximate surface area is 215 Å². The summed E-state index contributed by atoms with van der Waals surface area (Å²) >= 11 is 0. The molecule has 1 aromatic carbocycles. The summed E-state index contributed by atoms with van der Waals surface area (Å²) in [5, 5.41) is 1.11. The van der Waals surface area contributed by atoms with E-state index in [0.717, 1.165) is 64.3 Å². The van der Waals surface area contributed by atoms with Crippen molar-refractivity contribution in [1.29, 1.82) is 0 Å². The second kappa shape index (κ2) is 9.37. The van der Waals surface area contributed by atoms with Gasteiger partial charge in [0.1, 0.15) is 17.1 Å². The lowest BCUT2D eigenvalue weighted by atomic mass is 10.1. The first-order valence-electron chi connectivity index (χ1n) is 12.6. The second-order valence-electron chi connectivity index (χ2n) is 9.74. The standard InChI is InChI=1S/C29H30N6O2/c1-19-28(32-27-15-22(9-13-34(19)27)29(36)33-12-3-4-23(30)18-33)26-14-21-5-6-24(37-2)16-25(21)35(26)17-20-7-10-31-11-8-20/h5-11,13-16,23H,3-4,12,17-18,30H2,1-2H3. The van der Waals surface area contributed by atoms with Crippen molar-refractivity contribution in [1.82, 2.24) is 23.8 Å². The monoisotopic (exact) mass is 494 g/mol. The third-order valence-corrected chi connectivity index (χ3v) is 7.30. The van der Waals surface area contributed by atoms with Crippen LogP contribution in [0.3, 0.4) is 0 Å². The van der Waals surface area contributed by atoms with Gasteiger partial charge in [0, 0.05) is 67.0 Å². The number of fused-ring (bicyclic) bond motifs is 2. The summed E-state index contributed by atoms with van der Waals surface area (Å²) in [5.41, 5.74) is 12.6. The molecule has 1 atom stereocenters. The Balaban J connectivity index is 1.45. The molecule has 0 spiro atoms. The van der Waals surface area contributed by atoms with Gasteiger partial charge in [0.05, 0.1) is 18.3 Å². The highest BCUT2D eigenvalue weighted by molar-refractivity contribution is 5.95. The Morgan fingerprint density at radius 1 is 1.14 bits per heavy atom. The van der Waals surface area contributed by atoms with Gasteiger partial charge in [-0.2, -0.15) is 0 Å². The molecule has 0 aliphatic carbocycles. The average molecular weight is 495 g/mol. The van der Waals surface area contributed by atoms with Crippen molar-refractivity contribution in [3.05, 3.63) is 83.9 Å². The Bertz CT molecular complexity index is 1600. The van der Waals surface area contributed by atoms with Crippen LogP contribution in [0.25, 0.3) is 27.9 Å². The SMILES string of the molecule is COc1ccc2cc(-c3nc4cc(C(=O)N5CCCC(N)C5)ccn4c3C)n(Cc3ccncc3)c2c1. The van der Waals surface area contributed by atoms with Gasteiger partial charge in [0.25, 0.3) is 5.91 Å². The zero-order valence-electron chi connectivity index (χ0n) is 21.1. The van der Waals surface area contributed by atoms with Crippen molar-refractivity contribution < 1.29 is 9.53 Å². The average Bonchev–Trinajstić information content (AvgIpc) is 3.45. The number of pyridine rings is 2. The van der Waals surface area contributed by atoms with Crippen LogP contribution in [-0.2, 0) is 6.54 Å². The van der Waals surface area contributed by atoms with Crippen LogP contribution in [0.15, 0.2) is 67.1 Å². The zero-order valence-corrected chi connectivity index (χ0v) is 21.1. The first kappa shape index (κ1) is 23.2. The summed E-state index contributed by atoms with van der Waals surface area (Å²) in [4.78, 5) is 24.3. The van der Waals surface area contributed by atoms with Gasteiger partial charge in [-0.15, -0.1) is 0 Å². The summed E-state index contributed by atoms with van der Waals surface area (Å²) < 4.78 is 9.83. The Morgan fingerprint density at radius 2 is 1.97 bits per heavy atom. The van der Waals surface area contributed by atoms with Gasteiger partial charge < -0.3 is 24.3 Å². The van der Waals surface area contributed by atoms with E-state index < -0.39 is 0 Å². The highest BCUT2D eigenvalue weighted by Crippen LogP contribution is 2.33. The predicted octanol–water partition coefficient (Wildman–Crippen LogP) is 4.28. The highest BCUT2D eigenvalue weighted by atomic mass is 16.5. The summed E-state index contributed by atoms with van der Waals surface area (Å²) in [5.74, 6) is 0.819. The maximum Gasteiger partial charge on any atom is 0.254 e. The minimum absolute atomic E-state index is 0.0127. The third kappa shape index (κ3) is 4.23. The minimum atomic E-state index is 0.0127. The number of rotatable bonds is 5. The molecular weight excluding hydrogens is 464 g/mol. The number of hydrogen-bond donors (Lipinski definition) is 1. The number of aryl methyl sites for hydroxylation is 1. The number of piperidine rings is 1. The molecule has 1 fully saturated rings. The number of ether oxygens (including phenoxy) is 1. The van der Waals surface area contributed by atoms with Crippen molar-refractivity contribution in [2.24, 2.45) is 5.73 Å². The molecule has 8 heteroatoms. The van der Waals surface area contributed by atoms with Crippen LogP contribution in [0, 0.1) is 6.92 Å². The number of methoxy groups -OCH3 is 1. The van der Waals surface area contributed by atoms with E-state index >= 15 is 0 Å². The smallest absolute Gasteiger partial charge is 0.254 e. The van der Waals surface area contributed by atoms with Gasteiger partial charge >= 0.3 is 0 Å². The largest absolute Gasteiger partial charge is 0.497 e. The lowest BCUT2D eigenvalue weighted by Gasteiger charge is -2.30. The van der Waals surface area contributed by atoms with E-state index in [1.165, 1.54) is 0 Å². The van der Waals surface area contributed by atoms with E-state index in [-0.39, 0.29) is 11.9 Å². The molecule has 6 rings (SSSR count). The number of carbonyl (C=O) groups is 1. The number of hydrogen-bond acceptors (Lipinski definition) is 5. The van der Waals surface area contributed by atoms with Gasteiger partial charge in [-0.3, -0.25) is 9.78 Å². The zero-order chi connectivity index (χ0) is 25.5. The van der Waals surface area contributed by atoms with Crippen molar-refractivity contribution in [2.75, 3.05) is 20.2 Å². The lowest BCUT2D eigenvalue weighted by molar-refractivity contribution is 0.0709. The Morgan fingerprint density at radius 3 is 2.76 bits per heavy atom.